The monoisotopic (exact) mass is 389 g/mol. The molecule has 1 nitrogen and oxygen atoms in total. The first kappa shape index (κ1) is 17.8. The predicted octanol–water partition coefficient (Wildman–Crippen LogP) is 6.74. The van der Waals surface area contributed by atoms with E-state index in [1.807, 2.05) is 24.5 Å². The molecule has 1 unspecified atom stereocenters. The number of benzene rings is 4. The fraction of sp³-hybridized carbons (Fsp3) is 0. The van der Waals surface area contributed by atoms with Crippen molar-refractivity contribution in [3.8, 4) is 33.4 Å². The van der Waals surface area contributed by atoms with Crippen LogP contribution in [0.3, 0.4) is 0 Å². The van der Waals surface area contributed by atoms with Gasteiger partial charge in [-0.2, -0.15) is 0 Å². The lowest BCUT2D eigenvalue weighted by molar-refractivity contribution is 1.33. The summed E-state index contributed by atoms with van der Waals surface area (Å²) < 4.78 is 0. The van der Waals surface area contributed by atoms with E-state index in [-0.39, 0.29) is 0 Å². The van der Waals surface area contributed by atoms with Crippen LogP contribution in [0.1, 0.15) is 0 Å². The van der Waals surface area contributed by atoms with Crippen molar-refractivity contribution in [3.63, 3.8) is 0 Å². The molecule has 0 saturated carbocycles. The minimum atomic E-state index is 1.19. The molecule has 0 N–H and O–H groups in total. The van der Waals surface area contributed by atoms with Gasteiger partial charge in [0.25, 0.3) is 0 Å². The zero-order chi connectivity index (χ0) is 19.6. The maximum atomic E-state index is 4.09. The minimum absolute atomic E-state index is 1.19. The van der Waals surface area contributed by atoms with Crippen LogP contribution in [0.4, 0.5) is 0 Å². The molecule has 2 heteroatoms. The summed E-state index contributed by atoms with van der Waals surface area (Å²) >= 11 is 0. The van der Waals surface area contributed by atoms with Crippen LogP contribution in [0, 0.1) is 0 Å². The summed E-state index contributed by atoms with van der Waals surface area (Å²) in [6, 6.07) is 34.8. The average molecular weight is 389 g/mol. The first-order valence-corrected chi connectivity index (χ1v) is 10.2. The number of aromatic nitrogens is 1. The quantitative estimate of drug-likeness (QED) is 0.312. The maximum Gasteiger partial charge on any atom is 0.0273 e. The van der Waals surface area contributed by atoms with Crippen molar-refractivity contribution in [2.24, 2.45) is 0 Å². The van der Waals surface area contributed by atoms with E-state index < -0.39 is 0 Å². The molecule has 0 aliphatic carbocycles. The van der Waals surface area contributed by atoms with E-state index in [1.54, 1.807) is 0 Å². The Labute approximate surface area is 173 Å². The van der Waals surface area contributed by atoms with Gasteiger partial charge in [-0.25, -0.2) is 0 Å². The molecule has 0 aliphatic rings. The van der Waals surface area contributed by atoms with Crippen molar-refractivity contribution < 1.29 is 0 Å². The summed E-state index contributed by atoms with van der Waals surface area (Å²) in [5.74, 6) is 0. The molecule has 0 aliphatic heterocycles. The zero-order valence-electron chi connectivity index (χ0n) is 15.9. The molecule has 0 bridgehead atoms. The average Bonchev–Trinajstić information content (AvgIpc) is 2.80. The van der Waals surface area contributed by atoms with Gasteiger partial charge in [0.1, 0.15) is 0 Å². The van der Waals surface area contributed by atoms with Crippen LogP contribution < -0.4 is 5.30 Å². The summed E-state index contributed by atoms with van der Waals surface area (Å²) in [5, 5.41) is 3.72. The van der Waals surface area contributed by atoms with Crippen molar-refractivity contribution in [2.45, 2.75) is 0 Å². The molecular weight excluding hydrogens is 369 g/mol. The molecule has 0 radical (unpaired) electrons. The highest BCUT2D eigenvalue weighted by Crippen LogP contribution is 2.29. The lowest BCUT2D eigenvalue weighted by Gasteiger charge is -2.08. The van der Waals surface area contributed by atoms with E-state index in [4.69, 9.17) is 0 Å². The summed E-state index contributed by atoms with van der Waals surface area (Å²) in [6.45, 7) is 0. The summed E-state index contributed by atoms with van der Waals surface area (Å²) in [5.41, 5.74) is 7.35. The number of nitrogens with zero attached hydrogens (tertiary/aromatic N) is 1. The smallest absolute Gasteiger partial charge is 0.0273 e. The lowest BCUT2D eigenvalue weighted by Crippen LogP contribution is -1.88. The second-order valence-corrected chi connectivity index (χ2v) is 7.88. The SMILES string of the molecule is Pc1ccc(-c2ccc3cc(-c4ccc(-c5ccncc5)cc4)ccc3c2)cc1. The Morgan fingerprint density at radius 2 is 0.793 bits per heavy atom. The highest BCUT2D eigenvalue weighted by atomic mass is 31.0. The molecule has 4 aromatic carbocycles. The van der Waals surface area contributed by atoms with Crippen LogP contribution >= 0.6 is 9.24 Å². The van der Waals surface area contributed by atoms with Gasteiger partial charge in [0.2, 0.25) is 0 Å². The summed E-state index contributed by atoms with van der Waals surface area (Å²) in [4.78, 5) is 4.09. The van der Waals surface area contributed by atoms with Gasteiger partial charge < -0.3 is 0 Å². The van der Waals surface area contributed by atoms with Gasteiger partial charge in [-0.3, -0.25) is 4.98 Å². The third-order valence-electron chi connectivity index (χ3n) is 5.32. The van der Waals surface area contributed by atoms with Crippen molar-refractivity contribution in [1.29, 1.82) is 0 Å². The highest BCUT2D eigenvalue weighted by Gasteiger charge is 2.04. The van der Waals surface area contributed by atoms with Crippen molar-refractivity contribution in [2.75, 3.05) is 0 Å². The Kier molecular flexibility index (Phi) is 4.68. The molecule has 0 amide bonds. The number of hydrogen-bond donors (Lipinski definition) is 0. The molecule has 0 fully saturated rings. The molecule has 1 atom stereocenters. The Morgan fingerprint density at radius 3 is 1.31 bits per heavy atom. The Morgan fingerprint density at radius 1 is 0.414 bits per heavy atom. The second kappa shape index (κ2) is 7.62. The number of hydrogen-bond acceptors (Lipinski definition) is 1. The van der Waals surface area contributed by atoms with Crippen LogP contribution in [0.15, 0.2) is 109 Å². The maximum absolute atomic E-state index is 4.09. The lowest BCUT2D eigenvalue weighted by atomic mass is 9.96. The van der Waals surface area contributed by atoms with E-state index in [2.05, 4.69) is 99.2 Å². The van der Waals surface area contributed by atoms with E-state index in [0.717, 1.165) is 0 Å². The van der Waals surface area contributed by atoms with Gasteiger partial charge in [0.05, 0.1) is 0 Å². The predicted molar refractivity (Wildman–Crippen MR) is 127 cm³/mol. The topological polar surface area (TPSA) is 12.9 Å². The van der Waals surface area contributed by atoms with Crippen molar-refractivity contribution in [3.05, 3.63) is 109 Å². The van der Waals surface area contributed by atoms with Crippen LogP contribution in [0.2, 0.25) is 0 Å². The molecule has 0 spiro atoms. The first-order valence-electron chi connectivity index (χ1n) is 9.67. The Hall–Kier alpha value is -3.28. The second-order valence-electron chi connectivity index (χ2n) is 7.21. The fourth-order valence-corrected chi connectivity index (χ4v) is 3.87. The molecule has 1 aromatic heterocycles. The van der Waals surface area contributed by atoms with Gasteiger partial charge >= 0.3 is 0 Å². The summed E-state index contributed by atoms with van der Waals surface area (Å²) in [6.07, 6.45) is 3.66. The van der Waals surface area contributed by atoms with Gasteiger partial charge in [-0.15, -0.1) is 9.24 Å². The minimum Gasteiger partial charge on any atom is -0.265 e. The first-order chi connectivity index (χ1) is 14.3. The van der Waals surface area contributed by atoms with Gasteiger partial charge in [0.15, 0.2) is 0 Å². The van der Waals surface area contributed by atoms with Crippen LogP contribution in [0.5, 0.6) is 0 Å². The molecule has 0 saturated heterocycles. The standard InChI is InChI=1S/C27H20NP/c29-27-11-9-21(10-12-27)24-6-8-25-17-23(5-7-26(25)18-24)20-3-1-19(2-4-20)22-13-15-28-16-14-22/h1-18H,29H2. The van der Waals surface area contributed by atoms with Crippen molar-refractivity contribution in [1.82, 2.24) is 4.98 Å². The van der Waals surface area contributed by atoms with E-state index in [9.17, 15) is 0 Å². The third-order valence-corrected chi connectivity index (χ3v) is 5.70. The molecule has 29 heavy (non-hydrogen) atoms. The van der Waals surface area contributed by atoms with E-state index >= 15 is 0 Å². The number of pyridine rings is 1. The molecule has 1 heterocycles. The molecule has 5 rings (SSSR count). The van der Waals surface area contributed by atoms with E-state index in [1.165, 1.54) is 49.5 Å². The van der Waals surface area contributed by atoms with Gasteiger partial charge in [0, 0.05) is 12.4 Å². The Balaban J connectivity index is 1.47. The normalized spacial score (nSPS) is 10.9. The van der Waals surface area contributed by atoms with E-state index in [0.29, 0.717) is 0 Å². The highest BCUT2D eigenvalue weighted by molar-refractivity contribution is 7.27. The van der Waals surface area contributed by atoms with Gasteiger partial charge in [-0.1, -0.05) is 72.8 Å². The third kappa shape index (κ3) is 3.70. The molecular formula is C27H20NP. The van der Waals surface area contributed by atoms with Gasteiger partial charge in [-0.05, 0) is 73.7 Å². The number of fused-ring (bicyclic) bond motifs is 1. The molecule has 5 aromatic rings. The zero-order valence-corrected chi connectivity index (χ0v) is 17.1. The molecule has 138 valence electrons. The van der Waals surface area contributed by atoms with Crippen LogP contribution in [-0.2, 0) is 0 Å². The van der Waals surface area contributed by atoms with Crippen LogP contribution in [-0.4, -0.2) is 4.98 Å². The van der Waals surface area contributed by atoms with Crippen LogP contribution in [0.25, 0.3) is 44.2 Å². The summed E-state index contributed by atoms with van der Waals surface area (Å²) in [7, 11) is 2.73. The fourth-order valence-electron chi connectivity index (χ4n) is 3.68. The Bertz CT molecular complexity index is 1270. The van der Waals surface area contributed by atoms with Crippen molar-refractivity contribution >= 4 is 25.3 Å². The largest absolute Gasteiger partial charge is 0.265 e. The number of rotatable bonds is 3.